The highest BCUT2D eigenvalue weighted by molar-refractivity contribution is 7.90. The number of amides is 2. The van der Waals surface area contributed by atoms with E-state index in [0.29, 0.717) is 38.1 Å². The van der Waals surface area contributed by atoms with Crippen LogP contribution in [0.2, 0.25) is 0 Å². The number of nitrogens with zero attached hydrogens (tertiary/aromatic N) is 1. The predicted molar refractivity (Wildman–Crippen MR) is 190 cm³/mol. The van der Waals surface area contributed by atoms with E-state index in [1.165, 1.54) is 0 Å². The van der Waals surface area contributed by atoms with E-state index in [-0.39, 0.29) is 64.8 Å². The summed E-state index contributed by atoms with van der Waals surface area (Å²) in [6.07, 6.45) is 11.6. The van der Waals surface area contributed by atoms with Crippen LogP contribution in [-0.2, 0) is 34.0 Å². The molecule has 6 saturated carbocycles. The Balaban J connectivity index is 1.14. The highest BCUT2D eigenvalue weighted by Crippen LogP contribution is 2.88. The molecule has 1 saturated heterocycles. The molecule has 2 spiro atoms. The fourth-order valence-corrected chi connectivity index (χ4v) is 13.1. The molecule has 10 nitrogen and oxygen atoms in total. The SMILES string of the molecule is CC(C)(C)[C@H](CC(=O)C[C@H](C(=O)O)C1CCCCC1)C(=O)N1C[C@]2(C[C@H]1C(=O)C[C@]1(C(=O)NS(=O)(=O)C3CC3)C[C@H]1C1CC1)C(C)(C)C21CCC1. The molecule has 6 aliphatic carbocycles. The van der Waals surface area contributed by atoms with Crippen molar-refractivity contribution in [3.05, 3.63) is 0 Å². The zero-order chi connectivity index (χ0) is 36.9. The van der Waals surface area contributed by atoms with Crippen molar-refractivity contribution in [3.63, 3.8) is 0 Å². The number of ketones is 2. The largest absolute Gasteiger partial charge is 0.481 e. The molecule has 1 aliphatic heterocycles. The van der Waals surface area contributed by atoms with Crippen molar-refractivity contribution >= 4 is 39.4 Å². The average Bonchev–Trinajstić information content (AvgIpc) is 3.85. The quantitative estimate of drug-likeness (QED) is 0.219. The summed E-state index contributed by atoms with van der Waals surface area (Å²) in [5.74, 6) is -3.39. The topological polar surface area (TPSA) is 155 Å². The second-order valence-corrected chi connectivity index (χ2v) is 21.6. The Bertz CT molecular complexity index is 1600. The Kier molecular flexibility index (Phi) is 8.98. The molecule has 0 bridgehead atoms. The first kappa shape index (κ1) is 37.0. The molecule has 0 aromatic heterocycles. The number of Topliss-reactive ketones (excluding diaryl/α,β-unsaturated/α-hetero) is 2. The van der Waals surface area contributed by atoms with Gasteiger partial charge in [0.05, 0.1) is 22.6 Å². The molecule has 2 N–H and O–H groups in total. The normalized spacial score (nSPS) is 33.7. The van der Waals surface area contributed by atoms with Gasteiger partial charge in [0.2, 0.25) is 21.8 Å². The van der Waals surface area contributed by atoms with E-state index in [1.807, 2.05) is 20.8 Å². The van der Waals surface area contributed by atoms with Crippen molar-refractivity contribution in [1.82, 2.24) is 9.62 Å². The Labute approximate surface area is 304 Å². The van der Waals surface area contributed by atoms with Gasteiger partial charge in [0.25, 0.3) is 0 Å². The van der Waals surface area contributed by atoms with Crippen LogP contribution in [0.15, 0.2) is 0 Å². The highest BCUT2D eigenvalue weighted by atomic mass is 32.2. The van der Waals surface area contributed by atoms with Crippen LogP contribution in [0.25, 0.3) is 0 Å². The molecule has 0 aromatic carbocycles. The Morgan fingerprint density at radius 3 is 2.02 bits per heavy atom. The molecule has 1 heterocycles. The summed E-state index contributed by atoms with van der Waals surface area (Å²) in [6.45, 7) is 10.7. The maximum absolute atomic E-state index is 14.9. The monoisotopic (exact) mass is 728 g/mol. The summed E-state index contributed by atoms with van der Waals surface area (Å²) in [5.41, 5.74) is -1.95. The summed E-state index contributed by atoms with van der Waals surface area (Å²) < 4.78 is 28.1. The minimum Gasteiger partial charge on any atom is -0.481 e. The number of carbonyl (C=O) groups is 5. The van der Waals surface area contributed by atoms with E-state index < -0.39 is 55.9 Å². The molecule has 51 heavy (non-hydrogen) atoms. The van der Waals surface area contributed by atoms with Crippen LogP contribution in [0, 0.1) is 56.7 Å². The fourth-order valence-electron chi connectivity index (χ4n) is 11.7. The van der Waals surface area contributed by atoms with Gasteiger partial charge in [-0.05, 0) is 98.2 Å². The number of aliphatic carboxylic acids is 1. The molecule has 0 aromatic rings. The van der Waals surface area contributed by atoms with E-state index in [2.05, 4.69) is 18.6 Å². The number of carboxylic acids is 1. The third-order valence-electron chi connectivity index (χ3n) is 15.7. The molecule has 7 rings (SSSR count). The lowest BCUT2D eigenvalue weighted by atomic mass is 9.73. The van der Waals surface area contributed by atoms with Crippen LogP contribution >= 0.6 is 0 Å². The van der Waals surface area contributed by atoms with Gasteiger partial charge < -0.3 is 10.0 Å². The zero-order valence-corrected chi connectivity index (χ0v) is 32.2. The third-order valence-corrected chi connectivity index (χ3v) is 17.5. The van der Waals surface area contributed by atoms with Crippen LogP contribution in [0.1, 0.15) is 144 Å². The van der Waals surface area contributed by atoms with Crippen LogP contribution in [-0.4, -0.2) is 65.6 Å². The van der Waals surface area contributed by atoms with Gasteiger partial charge in [-0.25, -0.2) is 8.42 Å². The first-order chi connectivity index (χ1) is 23.8. The van der Waals surface area contributed by atoms with Gasteiger partial charge in [-0.1, -0.05) is 60.3 Å². The zero-order valence-electron chi connectivity index (χ0n) is 31.4. The van der Waals surface area contributed by atoms with Gasteiger partial charge in [-0.15, -0.1) is 0 Å². The molecule has 284 valence electrons. The van der Waals surface area contributed by atoms with Gasteiger partial charge in [0.1, 0.15) is 5.78 Å². The van der Waals surface area contributed by atoms with Gasteiger partial charge in [0.15, 0.2) is 5.78 Å². The molecule has 7 fully saturated rings. The second-order valence-electron chi connectivity index (χ2n) is 19.7. The number of carboxylic acid groups (broad SMARTS) is 1. The summed E-state index contributed by atoms with van der Waals surface area (Å²) >= 11 is 0. The second kappa shape index (κ2) is 12.4. The molecular formula is C40H60N2O8S. The standard InChI is InChI=1S/C40H60N2O8S/c1-36(2,3)29(19-26(43)18-28(34(46)47)24-10-7-6-8-11-24)33(45)42-23-40(37(4,5)39(40)16-9-17-39)21-31(42)32(44)22-38(20-30(38)25-12-13-25)35(48)41-51(49,50)27-14-15-27/h24-25,27-31H,6-23H2,1-5H3,(H,41,48)(H,46,47)/t28-,29+,30-,31-,38+,40+/m0/s1. The third kappa shape index (κ3) is 6.11. The molecule has 11 heteroatoms. The first-order valence-electron chi connectivity index (χ1n) is 19.9. The van der Waals surface area contributed by atoms with Gasteiger partial charge in [0, 0.05) is 37.1 Å². The van der Waals surface area contributed by atoms with Crippen molar-refractivity contribution in [2.24, 2.45) is 56.7 Å². The highest BCUT2D eigenvalue weighted by Gasteiger charge is 2.85. The number of hydrogen-bond acceptors (Lipinski definition) is 7. The number of rotatable bonds is 14. The molecule has 2 amide bonds. The van der Waals surface area contributed by atoms with Crippen molar-refractivity contribution in [1.29, 1.82) is 0 Å². The number of nitrogens with one attached hydrogen (secondary N) is 1. The van der Waals surface area contributed by atoms with E-state index >= 15 is 0 Å². The van der Waals surface area contributed by atoms with Crippen LogP contribution in [0.5, 0.6) is 0 Å². The Morgan fingerprint density at radius 1 is 0.863 bits per heavy atom. The Hall–Kier alpha value is -2.30. The van der Waals surface area contributed by atoms with Crippen molar-refractivity contribution in [3.8, 4) is 0 Å². The van der Waals surface area contributed by atoms with E-state index in [9.17, 15) is 37.5 Å². The number of carbonyl (C=O) groups excluding carboxylic acids is 4. The fraction of sp³-hybridized carbons (Fsp3) is 0.875. The smallest absolute Gasteiger partial charge is 0.307 e. The van der Waals surface area contributed by atoms with Gasteiger partial charge >= 0.3 is 5.97 Å². The van der Waals surface area contributed by atoms with Crippen LogP contribution in [0.4, 0.5) is 0 Å². The summed E-state index contributed by atoms with van der Waals surface area (Å²) in [5, 5.41) is 9.55. The average molecular weight is 729 g/mol. The van der Waals surface area contributed by atoms with E-state index in [4.69, 9.17) is 0 Å². The minimum absolute atomic E-state index is 0.0306. The summed E-state index contributed by atoms with van der Waals surface area (Å²) in [7, 11) is -3.78. The Morgan fingerprint density at radius 2 is 1.51 bits per heavy atom. The van der Waals surface area contributed by atoms with Gasteiger partial charge in [-0.3, -0.25) is 28.7 Å². The maximum atomic E-state index is 14.9. The first-order valence-corrected chi connectivity index (χ1v) is 21.5. The molecular weight excluding hydrogens is 669 g/mol. The van der Waals surface area contributed by atoms with Gasteiger partial charge in [-0.2, -0.15) is 0 Å². The van der Waals surface area contributed by atoms with Crippen LogP contribution < -0.4 is 4.72 Å². The molecule has 0 radical (unpaired) electrons. The maximum Gasteiger partial charge on any atom is 0.307 e. The van der Waals surface area contributed by atoms with Crippen molar-refractivity contribution in [2.45, 2.75) is 155 Å². The molecule has 7 aliphatic rings. The van der Waals surface area contributed by atoms with E-state index in [1.54, 1.807) is 4.90 Å². The summed E-state index contributed by atoms with van der Waals surface area (Å²) in [6, 6.07) is -0.754. The minimum atomic E-state index is -3.78. The lowest BCUT2D eigenvalue weighted by Gasteiger charge is -2.36. The van der Waals surface area contributed by atoms with Crippen molar-refractivity contribution < 1.29 is 37.5 Å². The van der Waals surface area contributed by atoms with E-state index in [0.717, 1.165) is 64.2 Å². The number of fused-ring (bicyclic) bond motifs is 1. The molecule has 6 atom stereocenters. The number of hydrogen-bond donors (Lipinski definition) is 2. The number of likely N-dealkylation sites (tertiary alicyclic amines) is 1. The lowest BCUT2D eigenvalue weighted by molar-refractivity contribution is -0.148. The van der Waals surface area contributed by atoms with Crippen LogP contribution in [0.3, 0.4) is 0 Å². The predicted octanol–water partition coefficient (Wildman–Crippen LogP) is 6.06. The lowest BCUT2D eigenvalue weighted by Crippen LogP contribution is -2.48. The number of sulfonamides is 1. The van der Waals surface area contributed by atoms with Crippen molar-refractivity contribution in [2.75, 3.05) is 6.54 Å². The molecule has 0 unspecified atom stereocenters. The summed E-state index contributed by atoms with van der Waals surface area (Å²) in [4.78, 5) is 71.2.